The first kappa shape index (κ1) is 17.0. The van der Waals surface area contributed by atoms with Crippen molar-refractivity contribution in [1.29, 1.82) is 0 Å². The van der Waals surface area contributed by atoms with Crippen LogP contribution < -0.4 is 10.1 Å². The van der Waals surface area contributed by atoms with Crippen LogP contribution in [-0.4, -0.2) is 43.0 Å². The summed E-state index contributed by atoms with van der Waals surface area (Å²) in [5.74, 6) is 1.08. The van der Waals surface area contributed by atoms with E-state index in [9.17, 15) is 18.0 Å². The summed E-state index contributed by atoms with van der Waals surface area (Å²) in [7, 11) is 1.61. The first-order valence-electron chi connectivity index (χ1n) is 6.60. The number of methoxy groups -OCH3 is 1. The maximum atomic E-state index is 12.1. The molecule has 1 heterocycles. The Morgan fingerprint density at radius 1 is 1.36 bits per heavy atom. The number of rotatable bonds is 5. The lowest BCUT2D eigenvalue weighted by molar-refractivity contribution is -0.274. The van der Waals surface area contributed by atoms with Gasteiger partial charge in [-0.15, -0.1) is 13.2 Å². The molecule has 22 heavy (non-hydrogen) atoms. The monoisotopic (exact) mass is 335 g/mol. The number of carbonyl (C=O) groups excluding carboxylic acids is 1. The number of alkyl halides is 3. The average Bonchev–Trinajstić information content (AvgIpc) is 2.93. The van der Waals surface area contributed by atoms with Crippen LogP contribution in [0.15, 0.2) is 24.3 Å². The predicted molar refractivity (Wildman–Crippen MR) is 77.1 cm³/mol. The summed E-state index contributed by atoms with van der Waals surface area (Å²) in [6, 6.07) is 4.80. The fraction of sp³-hybridized carbons (Fsp3) is 0.500. The molecule has 1 N–H and O–H groups in total. The fourth-order valence-corrected chi connectivity index (χ4v) is 3.51. The van der Waals surface area contributed by atoms with Gasteiger partial charge in [0.15, 0.2) is 0 Å². The summed E-state index contributed by atoms with van der Waals surface area (Å²) in [5.41, 5.74) is -0.0916. The van der Waals surface area contributed by atoms with Gasteiger partial charge in [0.25, 0.3) is 5.91 Å². The van der Waals surface area contributed by atoms with Crippen molar-refractivity contribution in [3.05, 3.63) is 29.8 Å². The second-order valence-corrected chi connectivity index (χ2v) is 6.05. The van der Waals surface area contributed by atoms with E-state index in [-0.39, 0.29) is 22.8 Å². The Kier molecular flexibility index (Phi) is 5.23. The Morgan fingerprint density at radius 3 is 2.55 bits per heavy atom. The topological polar surface area (TPSA) is 47.6 Å². The molecule has 1 atom stereocenters. The molecule has 0 spiro atoms. The number of hydrogen-bond acceptors (Lipinski definition) is 4. The van der Waals surface area contributed by atoms with Crippen molar-refractivity contribution in [2.75, 3.05) is 25.2 Å². The molecule has 0 aliphatic carbocycles. The highest BCUT2D eigenvalue weighted by Crippen LogP contribution is 2.30. The lowest BCUT2D eigenvalue weighted by atomic mass is 10.0. The Labute approximate surface area is 130 Å². The summed E-state index contributed by atoms with van der Waals surface area (Å²) in [5, 5.41) is 2.76. The number of amides is 1. The number of hydrogen-bond donors (Lipinski definition) is 1. The molecule has 0 bridgehead atoms. The molecule has 1 unspecified atom stereocenters. The largest absolute Gasteiger partial charge is 0.573 e. The van der Waals surface area contributed by atoms with Gasteiger partial charge in [0.2, 0.25) is 0 Å². The van der Waals surface area contributed by atoms with Gasteiger partial charge in [-0.3, -0.25) is 4.79 Å². The molecular weight excluding hydrogens is 319 g/mol. The summed E-state index contributed by atoms with van der Waals surface area (Å²) in [6.45, 7) is 0.371. The van der Waals surface area contributed by atoms with Crippen molar-refractivity contribution < 1.29 is 27.4 Å². The molecule has 8 heteroatoms. The normalized spacial score (nSPS) is 21.6. The smallest absolute Gasteiger partial charge is 0.406 e. The minimum absolute atomic E-state index is 0.270. The summed E-state index contributed by atoms with van der Waals surface area (Å²) in [4.78, 5) is 12.0. The van der Waals surface area contributed by atoms with E-state index in [0.29, 0.717) is 6.54 Å². The third-order valence-corrected chi connectivity index (χ3v) is 4.64. The van der Waals surface area contributed by atoms with Crippen molar-refractivity contribution in [3.8, 4) is 5.75 Å². The maximum absolute atomic E-state index is 12.1. The highest BCUT2D eigenvalue weighted by Gasteiger charge is 2.35. The van der Waals surface area contributed by atoms with Crippen molar-refractivity contribution in [3.63, 3.8) is 0 Å². The Balaban J connectivity index is 1.92. The Bertz CT molecular complexity index is 513. The standard InChI is InChI=1S/C14H16F3NO3S/c1-20-13(6-7-22-9-13)8-18-12(19)10-2-4-11(5-3-10)21-14(15,16)17/h2-5H,6-9H2,1H3,(H,18,19). The van der Waals surface area contributed by atoms with E-state index < -0.39 is 6.36 Å². The van der Waals surface area contributed by atoms with Crippen LogP contribution in [0.5, 0.6) is 5.75 Å². The van der Waals surface area contributed by atoms with Crippen LogP contribution in [0.2, 0.25) is 0 Å². The molecule has 1 aliphatic heterocycles. The molecule has 0 saturated carbocycles. The van der Waals surface area contributed by atoms with Crippen LogP contribution in [-0.2, 0) is 4.74 Å². The summed E-state index contributed by atoms with van der Waals surface area (Å²) in [6.07, 6.45) is -3.89. The van der Waals surface area contributed by atoms with Crippen molar-refractivity contribution >= 4 is 17.7 Å². The van der Waals surface area contributed by atoms with E-state index in [4.69, 9.17) is 4.74 Å². The highest BCUT2D eigenvalue weighted by atomic mass is 32.2. The third kappa shape index (κ3) is 4.54. The maximum Gasteiger partial charge on any atom is 0.573 e. The number of ether oxygens (including phenoxy) is 2. The van der Waals surface area contributed by atoms with Crippen molar-refractivity contribution in [2.45, 2.75) is 18.4 Å². The predicted octanol–water partition coefficient (Wildman–Crippen LogP) is 2.84. The molecule has 1 aromatic carbocycles. The quantitative estimate of drug-likeness (QED) is 0.899. The lowest BCUT2D eigenvalue weighted by Crippen LogP contribution is -2.44. The summed E-state index contributed by atoms with van der Waals surface area (Å²) < 4.78 is 45.4. The van der Waals surface area contributed by atoms with Gasteiger partial charge in [0.05, 0.1) is 5.60 Å². The first-order valence-corrected chi connectivity index (χ1v) is 7.76. The van der Waals surface area contributed by atoms with E-state index in [1.807, 2.05) is 0 Å². The zero-order valence-corrected chi connectivity index (χ0v) is 12.7. The van der Waals surface area contributed by atoms with Gasteiger partial charge in [0, 0.05) is 25.0 Å². The first-order chi connectivity index (χ1) is 10.3. The highest BCUT2D eigenvalue weighted by molar-refractivity contribution is 7.99. The van der Waals surface area contributed by atoms with Gasteiger partial charge in [-0.2, -0.15) is 11.8 Å². The van der Waals surface area contributed by atoms with Gasteiger partial charge in [-0.05, 0) is 36.4 Å². The number of nitrogens with one attached hydrogen (secondary N) is 1. The Hall–Kier alpha value is -1.41. The SMILES string of the molecule is COC1(CNC(=O)c2ccc(OC(F)(F)F)cc2)CCSC1. The van der Waals surface area contributed by atoms with E-state index in [0.717, 1.165) is 30.1 Å². The average molecular weight is 335 g/mol. The van der Waals surface area contributed by atoms with Crippen LogP contribution in [0.4, 0.5) is 13.2 Å². The molecule has 122 valence electrons. The minimum Gasteiger partial charge on any atom is -0.406 e. The molecule has 0 radical (unpaired) electrons. The van der Waals surface area contributed by atoms with E-state index in [2.05, 4.69) is 10.1 Å². The molecule has 1 aliphatic rings. The van der Waals surface area contributed by atoms with Crippen molar-refractivity contribution in [1.82, 2.24) is 5.32 Å². The minimum atomic E-state index is -4.74. The second-order valence-electron chi connectivity index (χ2n) is 4.94. The zero-order valence-electron chi connectivity index (χ0n) is 11.9. The Morgan fingerprint density at radius 2 is 2.05 bits per heavy atom. The number of thioether (sulfide) groups is 1. The summed E-state index contributed by atoms with van der Waals surface area (Å²) >= 11 is 1.76. The van der Waals surface area contributed by atoms with Gasteiger partial charge in [0.1, 0.15) is 5.75 Å². The molecule has 4 nitrogen and oxygen atoms in total. The van der Waals surface area contributed by atoms with Crippen LogP contribution >= 0.6 is 11.8 Å². The fourth-order valence-electron chi connectivity index (χ4n) is 2.11. The number of carbonyl (C=O) groups is 1. The van der Waals surface area contributed by atoms with Gasteiger partial charge < -0.3 is 14.8 Å². The molecule has 1 fully saturated rings. The molecule has 0 aromatic heterocycles. The second kappa shape index (κ2) is 6.78. The molecule has 1 amide bonds. The number of benzene rings is 1. The third-order valence-electron chi connectivity index (χ3n) is 3.42. The van der Waals surface area contributed by atoms with E-state index >= 15 is 0 Å². The molecule has 1 saturated heterocycles. The zero-order chi connectivity index (χ0) is 16.2. The van der Waals surface area contributed by atoms with E-state index in [1.54, 1.807) is 18.9 Å². The molecular formula is C14H16F3NO3S. The van der Waals surface area contributed by atoms with Crippen LogP contribution in [0.3, 0.4) is 0 Å². The lowest BCUT2D eigenvalue weighted by Gasteiger charge is -2.26. The van der Waals surface area contributed by atoms with Gasteiger partial charge in [-0.1, -0.05) is 0 Å². The molecule has 2 rings (SSSR count). The van der Waals surface area contributed by atoms with Crippen LogP contribution in [0, 0.1) is 0 Å². The van der Waals surface area contributed by atoms with Crippen LogP contribution in [0.1, 0.15) is 16.8 Å². The van der Waals surface area contributed by atoms with E-state index in [1.165, 1.54) is 12.1 Å². The van der Waals surface area contributed by atoms with Gasteiger partial charge in [-0.25, -0.2) is 0 Å². The van der Waals surface area contributed by atoms with Gasteiger partial charge >= 0.3 is 6.36 Å². The molecule has 1 aromatic rings. The van der Waals surface area contributed by atoms with Crippen LogP contribution in [0.25, 0.3) is 0 Å². The number of halogens is 3. The van der Waals surface area contributed by atoms with Crippen molar-refractivity contribution in [2.24, 2.45) is 0 Å².